The minimum atomic E-state index is -0.421. The molecule has 1 heterocycles. The summed E-state index contributed by atoms with van der Waals surface area (Å²) < 4.78 is 18.7. The van der Waals surface area contributed by atoms with Crippen LogP contribution in [0.25, 0.3) is 0 Å². The van der Waals surface area contributed by atoms with Crippen molar-refractivity contribution in [3.05, 3.63) is 54.0 Å². The van der Waals surface area contributed by atoms with Gasteiger partial charge in [-0.05, 0) is 29.8 Å². The molecule has 22 heavy (non-hydrogen) atoms. The van der Waals surface area contributed by atoms with Crippen molar-refractivity contribution in [1.82, 2.24) is 10.3 Å². The highest BCUT2D eigenvalue weighted by Gasteiger charge is 2.08. The first-order valence-corrected chi connectivity index (χ1v) is 7.15. The molecule has 0 aliphatic rings. The SMILES string of the molecule is O=C(NCCCl)Nc1ncccc1OCc1cccc(F)c1. The molecule has 0 saturated carbocycles. The van der Waals surface area contributed by atoms with E-state index in [9.17, 15) is 9.18 Å². The Morgan fingerprint density at radius 2 is 2.18 bits per heavy atom. The molecule has 2 N–H and O–H groups in total. The first-order valence-electron chi connectivity index (χ1n) is 6.62. The zero-order chi connectivity index (χ0) is 15.8. The molecule has 5 nitrogen and oxygen atoms in total. The summed E-state index contributed by atoms with van der Waals surface area (Å²) in [7, 11) is 0. The average Bonchev–Trinajstić information content (AvgIpc) is 2.52. The van der Waals surface area contributed by atoms with E-state index >= 15 is 0 Å². The minimum Gasteiger partial charge on any atom is -0.485 e. The van der Waals surface area contributed by atoms with Gasteiger partial charge in [0.2, 0.25) is 0 Å². The van der Waals surface area contributed by atoms with Gasteiger partial charge in [0.1, 0.15) is 12.4 Å². The molecule has 1 aromatic heterocycles. The van der Waals surface area contributed by atoms with Crippen LogP contribution < -0.4 is 15.4 Å². The molecule has 2 aromatic rings. The Kier molecular flexibility index (Phi) is 5.97. The Labute approximate surface area is 132 Å². The number of hydrogen-bond donors (Lipinski definition) is 2. The number of halogens is 2. The van der Waals surface area contributed by atoms with E-state index in [1.807, 2.05) is 0 Å². The number of pyridine rings is 1. The number of nitrogens with one attached hydrogen (secondary N) is 2. The van der Waals surface area contributed by atoms with Crippen molar-refractivity contribution in [1.29, 1.82) is 0 Å². The van der Waals surface area contributed by atoms with Gasteiger partial charge in [-0.25, -0.2) is 14.2 Å². The van der Waals surface area contributed by atoms with Crippen LogP contribution in [0.15, 0.2) is 42.6 Å². The summed E-state index contributed by atoms with van der Waals surface area (Å²) in [5.74, 6) is 0.670. The summed E-state index contributed by atoms with van der Waals surface area (Å²) in [4.78, 5) is 15.7. The molecule has 0 bridgehead atoms. The molecule has 0 aliphatic carbocycles. The number of anilines is 1. The number of rotatable bonds is 6. The van der Waals surface area contributed by atoms with Crippen LogP contribution in [0.1, 0.15) is 5.56 Å². The standard InChI is InChI=1S/C15H15ClFN3O2/c16-6-8-19-15(21)20-14-13(5-2-7-18-14)22-10-11-3-1-4-12(17)9-11/h1-5,7,9H,6,8,10H2,(H2,18,19,20,21). The molecule has 0 radical (unpaired) electrons. The molecule has 0 saturated heterocycles. The van der Waals surface area contributed by atoms with Gasteiger partial charge in [-0.3, -0.25) is 5.32 Å². The minimum absolute atomic E-state index is 0.168. The van der Waals surface area contributed by atoms with Gasteiger partial charge in [0, 0.05) is 18.6 Å². The quantitative estimate of drug-likeness (QED) is 0.803. The van der Waals surface area contributed by atoms with Crippen molar-refractivity contribution in [2.75, 3.05) is 17.7 Å². The fourth-order valence-corrected chi connectivity index (χ4v) is 1.80. The first-order chi connectivity index (χ1) is 10.7. The normalized spacial score (nSPS) is 10.1. The molecule has 0 atom stereocenters. The summed E-state index contributed by atoms with van der Waals surface area (Å²) in [5, 5.41) is 5.14. The maximum Gasteiger partial charge on any atom is 0.320 e. The lowest BCUT2D eigenvalue weighted by molar-refractivity contribution is 0.252. The Morgan fingerprint density at radius 3 is 2.95 bits per heavy atom. The van der Waals surface area contributed by atoms with Crippen molar-refractivity contribution in [2.45, 2.75) is 6.61 Å². The second-order valence-corrected chi connectivity index (χ2v) is 4.72. The number of benzene rings is 1. The second-order valence-electron chi connectivity index (χ2n) is 4.34. The van der Waals surface area contributed by atoms with E-state index in [-0.39, 0.29) is 18.2 Å². The number of carbonyl (C=O) groups is 1. The van der Waals surface area contributed by atoms with Gasteiger partial charge in [0.25, 0.3) is 0 Å². The van der Waals surface area contributed by atoms with E-state index in [0.717, 1.165) is 0 Å². The fraction of sp³-hybridized carbons (Fsp3) is 0.200. The summed E-state index contributed by atoms with van der Waals surface area (Å²) in [6.45, 7) is 0.515. The number of hydrogen-bond acceptors (Lipinski definition) is 3. The Hall–Kier alpha value is -2.34. The number of carbonyl (C=O) groups excluding carboxylic acids is 1. The van der Waals surface area contributed by atoms with Gasteiger partial charge >= 0.3 is 6.03 Å². The van der Waals surface area contributed by atoms with Crippen molar-refractivity contribution in [3.8, 4) is 5.75 Å². The van der Waals surface area contributed by atoms with Crippen molar-refractivity contribution >= 4 is 23.4 Å². The Balaban J connectivity index is 2.00. The topological polar surface area (TPSA) is 63.2 Å². The highest BCUT2D eigenvalue weighted by Crippen LogP contribution is 2.22. The third kappa shape index (κ3) is 4.89. The molecule has 7 heteroatoms. The molecule has 2 amide bonds. The number of nitrogens with zero attached hydrogens (tertiary/aromatic N) is 1. The number of urea groups is 1. The summed E-state index contributed by atoms with van der Waals surface area (Å²) in [6, 6.07) is 9.04. The lowest BCUT2D eigenvalue weighted by Gasteiger charge is -2.12. The zero-order valence-electron chi connectivity index (χ0n) is 11.7. The van der Waals surface area contributed by atoms with E-state index in [1.54, 1.807) is 24.3 Å². The van der Waals surface area contributed by atoms with E-state index in [4.69, 9.17) is 16.3 Å². The molecular weight excluding hydrogens is 309 g/mol. The van der Waals surface area contributed by atoms with Crippen LogP contribution in [-0.4, -0.2) is 23.4 Å². The number of ether oxygens (including phenoxy) is 1. The highest BCUT2D eigenvalue weighted by molar-refractivity contribution is 6.18. The molecule has 116 valence electrons. The predicted octanol–water partition coefficient (Wildman–Crippen LogP) is 3.16. The summed E-state index contributed by atoms with van der Waals surface area (Å²) >= 11 is 5.50. The number of aromatic nitrogens is 1. The van der Waals surface area contributed by atoms with E-state index in [0.29, 0.717) is 23.7 Å². The van der Waals surface area contributed by atoms with Gasteiger partial charge in [0.05, 0.1) is 0 Å². The van der Waals surface area contributed by atoms with Gasteiger partial charge < -0.3 is 10.1 Å². The van der Waals surface area contributed by atoms with Gasteiger partial charge in [-0.15, -0.1) is 11.6 Å². The van der Waals surface area contributed by atoms with Gasteiger partial charge in [0.15, 0.2) is 11.6 Å². The Bertz CT molecular complexity index is 640. The molecule has 1 aromatic carbocycles. The van der Waals surface area contributed by atoms with Gasteiger partial charge in [-0.2, -0.15) is 0 Å². The fourth-order valence-electron chi connectivity index (χ4n) is 1.70. The predicted molar refractivity (Wildman–Crippen MR) is 82.7 cm³/mol. The van der Waals surface area contributed by atoms with Crippen molar-refractivity contribution in [3.63, 3.8) is 0 Å². The molecule has 0 aliphatic heterocycles. The second kappa shape index (κ2) is 8.19. The largest absolute Gasteiger partial charge is 0.485 e. The van der Waals surface area contributed by atoms with E-state index in [1.165, 1.54) is 18.3 Å². The summed E-state index contributed by atoms with van der Waals surface area (Å²) in [6.07, 6.45) is 1.53. The third-order valence-electron chi connectivity index (χ3n) is 2.67. The maximum absolute atomic E-state index is 13.1. The molecule has 0 spiro atoms. The number of alkyl halides is 1. The summed E-state index contributed by atoms with van der Waals surface area (Å²) in [5.41, 5.74) is 0.682. The van der Waals surface area contributed by atoms with Crippen LogP contribution in [0.4, 0.5) is 15.0 Å². The van der Waals surface area contributed by atoms with Crippen LogP contribution in [0.2, 0.25) is 0 Å². The lowest BCUT2D eigenvalue weighted by Crippen LogP contribution is -2.30. The molecule has 0 unspecified atom stereocenters. The lowest BCUT2D eigenvalue weighted by atomic mass is 10.2. The van der Waals surface area contributed by atoms with Crippen molar-refractivity contribution < 1.29 is 13.9 Å². The first kappa shape index (κ1) is 16.0. The van der Waals surface area contributed by atoms with E-state index in [2.05, 4.69) is 15.6 Å². The maximum atomic E-state index is 13.1. The zero-order valence-corrected chi connectivity index (χ0v) is 12.4. The van der Waals surface area contributed by atoms with E-state index < -0.39 is 6.03 Å². The molecule has 2 rings (SSSR count). The van der Waals surface area contributed by atoms with Crippen LogP contribution in [0.3, 0.4) is 0 Å². The van der Waals surface area contributed by atoms with Gasteiger partial charge in [-0.1, -0.05) is 12.1 Å². The monoisotopic (exact) mass is 323 g/mol. The third-order valence-corrected chi connectivity index (χ3v) is 2.86. The van der Waals surface area contributed by atoms with Crippen LogP contribution >= 0.6 is 11.6 Å². The highest BCUT2D eigenvalue weighted by atomic mass is 35.5. The smallest absolute Gasteiger partial charge is 0.320 e. The number of amides is 2. The van der Waals surface area contributed by atoms with Crippen LogP contribution in [0.5, 0.6) is 5.75 Å². The van der Waals surface area contributed by atoms with Crippen molar-refractivity contribution in [2.24, 2.45) is 0 Å². The molecule has 0 fully saturated rings. The van der Waals surface area contributed by atoms with Crippen LogP contribution in [-0.2, 0) is 6.61 Å². The van der Waals surface area contributed by atoms with Crippen LogP contribution in [0, 0.1) is 5.82 Å². The Morgan fingerprint density at radius 1 is 1.32 bits per heavy atom. The molecular formula is C15H15ClFN3O2. The average molecular weight is 324 g/mol.